The van der Waals surface area contributed by atoms with Gasteiger partial charge in [-0.15, -0.1) is 0 Å². The Morgan fingerprint density at radius 1 is 1.35 bits per heavy atom. The van der Waals surface area contributed by atoms with E-state index >= 15 is 0 Å². The van der Waals surface area contributed by atoms with Crippen molar-refractivity contribution in [2.24, 2.45) is 0 Å². The molecule has 1 aromatic carbocycles. The third-order valence-electron chi connectivity index (χ3n) is 3.64. The van der Waals surface area contributed by atoms with Crippen LogP contribution >= 0.6 is 0 Å². The van der Waals surface area contributed by atoms with E-state index in [1.54, 1.807) is 0 Å². The summed E-state index contributed by atoms with van der Waals surface area (Å²) in [6, 6.07) is 4.16. The van der Waals surface area contributed by atoms with Crippen molar-refractivity contribution in [3.05, 3.63) is 29.1 Å². The number of aromatic nitrogens is 2. The van der Waals surface area contributed by atoms with E-state index in [0.717, 1.165) is 29.8 Å². The van der Waals surface area contributed by atoms with E-state index in [1.165, 1.54) is 11.1 Å². The zero-order valence-electron chi connectivity index (χ0n) is 12.3. The van der Waals surface area contributed by atoms with Gasteiger partial charge >= 0.3 is 0 Å². The predicted octanol–water partition coefficient (Wildman–Crippen LogP) is -0.471. The minimum absolute atomic E-state index is 0.0151. The zero-order chi connectivity index (χ0) is 14.7. The fraction of sp³-hybridized carbons (Fsp3) is 0.467. The molecule has 0 spiro atoms. The molecule has 0 unspecified atom stereocenters. The van der Waals surface area contributed by atoms with Gasteiger partial charge < -0.3 is 19.8 Å². The van der Waals surface area contributed by atoms with Crippen molar-refractivity contribution in [1.29, 1.82) is 0 Å². The molecule has 0 bridgehead atoms. The van der Waals surface area contributed by atoms with E-state index in [4.69, 9.17) is 0 Å². The molecule has 5 nitrogen and oxygen atoms in total. The lowest BCUT2D eigenvalue weighted by Crippen LogP contribution is -2.80. The van der Waals surface area contributed by atoms with E-state index in [2.05, 4.69) is 36.3 Å². The molecule has 0 atom stereocenters. The van der Waals surface area contributed by atoms with Crippen molar-refractivity contribution in [2.75, 3.05) is 13.6 Å². The molecule has 1 heterocycles. The summed E-state index contributed by atoms with van der Waals surface area (Å²) in [6.45, 7) is 5.48. The molecule has 0 aliphatic rings. The number of quaternary nitrogens is 1. The highest BCUT2D eigenvalue weighted by Gasteiger charge is 2.12. The number of fused-ring (bicyclic) bond motifs is 1. The minimum atomic E-state index is -1.02. The predicted molar refractivity (Wildman–Crippen MR) is 75.3 cm³/mol. The maximum Gasteiger partial charge on any atom is 0.115 e. The van der Waals surface area contributed by atoms with E-state index in [9.17, 15) is 9.90 Å². The largest absolute Gasteiger partial charge is 0.550 e. The highest BCUT2D eigenvalue weighted by Crippen LogP contribution is 2.21. The zero-order valence-corrected chi connectivity index (χ0v) is 12.3. The number of imidazole rings is 1. The van der Waals surface area contributed by atoms with Gasteiger partial charge in [0.15, 0.2) is 0 Å². The van der Waals surface area contributed by atoms with Crippen molar-refractivity contribution in [3.63, 3.8) is 0 Å². The van der Waals surface area contributed by atoms with Crippen molar-refractivity contribution in [2.45, 2.75) is 33.2 Å². The molecule has 0 amide bonds. The van der Waals surface area contributed by atoms with Crippen molar-refractivity contribution >= 4 is 17.0 Å². The third-order valence-corrected chi connectivity index (χ3v) is 3.64. The van der Waals surface area contributed by atoms with Crippen LogP contribution in [0.1, 0.15) is 23.4 Å². The third kappa shape index (κ3) is 2.99. The quantitative estimate of drug-likeness (QED) is 0.774. The van der Waals surface area contributed by atoms with E-state index in [1.807, 2.05) is 11.6 Å². The molecule has 0 fully saturated rings. The van der Waals surface area contributed by atoms with Gasteiger partial charge in [0.2, 0.25) is 0 Å². The van der Waals surface area contributed by atoms with E-state index in [0.29, 0.717) is 6.54 Å². The highest BCUT2D eigenvalue weighted by atomic mass is 16.4. The topological polar surface area (TPSA) is 74.6 Å². The molecule has 0 aliphatic heterocycles. The Morgan fingerprint density at radius 2 is 2.05 bits per heavy atom. The Labute approximate surface area is 118 Å². The first kappa shape index (κ1) is 14.5. The fourth-order valence-corrected chi connectivity index (χ4v) is 2.35. The van der Waals surface area contributed by atoms with Gasteiger partial charge in [-0.2, -0.15) is 0 Å². The fourth-order valence-electron chi connectivity index (χ4n) is 2.35. The van der Waals surface area contributed by atoms with Gasteiger partial charge in [0.25, 0.3) is 0 Å². The molecule has 2 N–H and O–H groups in total. The SMILES string of the molecule is C[NH2+]CCc1nc2cc(C)c(C)cc2n1CCC(=O)[O-]. The van der Waals surface area contributed by atoms with Crippen LogP contribution in [0, 0.1) is 13.8 Å². The molecular formula is C15H21N3O2. The number of aryl methyl sites for hydroxylation is 3. The van der Waals surface area contributed by atoms with Crippen LogP contribution in [0.5, 0.6) is 0 Å². The average molecular weight is 275 g/mol. The summed E-state index contributed by atoms with van der Waals surface area (Å²) in [4.78, 5) is 15.4. The lowest BCUT2D eigenvalue weighted by atomic mass is 10.1. The Balaban J connectivity index is 2.46. The first-order valence-corrected chi connectivity index (χ1v) is 6.97. The molecular weight excluding hydrogens is 254 g/mol. The Kier molecular flexibility index (Phi) is 4.39. The van der Waals surface area contributed by atoms with Crippen molar-refractivity contribution in [1.82, 2.24) is 9.55 Å². The van der Waals surface area contributed by atoms with E-state index in [-0.39, 0.29) is 6.42 Å². The second-order valence-corrected chi connectivity index (χ2v) is 5.17. The van der Waals surface area contributed by atoms with Crippen LogP contribution in [0.25, 0.3) is 11.0 Å². The summed E-state index contributed by atoms with van der Waals surface area (Å²) in [5.74, 6) is -0.0759. The number of carboxylic acids is 1. The minimum Gasteiger partial charge on any atom is -0.550 e. The van der Waals surface area contributed by atoms with Crippen molar-refractivity contribution in [3.8, 4) is 0 Å². The lowest BCUT2D eigenvalue weighted by molar-refractivity contribution is -0.626. The van der Waals surface area contributed by atoms with Crippen LogP contribution in [0.15, 0.2) is 12.1 Å². The number of nitrogens with zero attached hydrogens (tertiary/aromatic N) is 2. The van der Waals surface area contributed by atoms with Crippen LogP contribution in [-0.4, -0.2) is 29.1 Å². The van der Waals surface area contributed by atoms with E-state index < -0.39 is 5.97 Å². The molecule has 0 aliphatic carbocycles. The van der Waals surface area contributed by atoms with Gasteiger partial charge in [-0.05, 0) is 37.1 Å². The van der Waals surface area contributed by atoms with Crippen LogP contribution in [0.4, 0.5) is 0 Å². The van der Waals surface area contributed by atoms with Gasteiger partial charge in [0, 0.05) is 18.9 Å². The molecule has 0 radical (unpaired) electrons. The summed E-state index contributed by atoms with van der Waals surface area (Å²) in [5.41, 5.74) is 4.36. The summed E-state index contributed by atoms with van der Waals surface area (Å²) < 4.78 is 2.01. The maximum absolute atomic E-state index is 10.7. The number of hydrogen-bond donors (Lipinski definition) is 1. The second-order valence-electron chi connectivity index (χ2n) is 5.17. The molecule has 108 valence electrons. The molecule has 20 heavy (non-hydrogen) atoms. The number of hydrogen-bond acceptors (Lipinski definition) is 3. The number of carbonyl (C=O) groups excluding carboxylic acids is 1. The molecule has 2 aromatic rings. The first-order valence-electron chi connectivity index (χ1n) is 6.97. The number of carbonyl (C=O) groups is 1. The Morgan fingerprint density at radius 3 is 2.70 bits per heavy atom. The number of aliphatic carboxylic acids is 1. The Hall–Kier alpha value is -1.88. The number of nitrogens with two attached hydrogens (primary N) is 1. The van der Waals surface area contributed by atoms with Crippen LogP contribution < -0.4 is 10.4 Å². The summed E-state index contributed by atoms with van der Waals surface area (Å²) in [6.07, 6.45) is 0.845. The van der Waals surface area contributed by atoms with Gasteiger partial charge in [-0.25, -0.2) is 4.98 Å². The smallest absolute Gasteiger partial charge is 0.115 e. The number of carboxylic acid groups (broad SMARTS) is 1. The van der Waals surface area contributed by atoms with Crippen molar-refractivity contribution < 1.29 is 15.2 Å². The standard InChI is InChI=1S/C15H21N3O2/c1-10-8-12-13(9-11(10)2)18(7-5-15(19)20)14(17-12)4-6-16-3/h8-9,16H,4-7H2,1-3H3,(H,19,20). The Bertz CT molecular complexity index is 632. The number of likely N-dealkylation sites (N-methyl/N-ethyl adjacent to an activating group) is 1. The summed E-state index contributed by atoms with van der Waals surface area (Å²) in [5, 5.41) is 12.8. The molecule has 1 aromatic heterocycles. The summed E-state index contributed by atoms with van der Waals surface area (Å²) >= 11 is 0. The maximum atomic E-state index is 10.7. The van der Waals surface area contributed by atoms with Gasteiger partial charge in [0.1, 0.15) is 5.82 Å². The van der Waals surface area contributed by atoms with Gasteiger partial charge in [0.05, 0.1) is 31.0 Å². The highest BCUT2D eigenvalue weighted by molar-refractivity contribution is 5.78. The molecule has 5 heteroatoms. The van der Waals surface area contributed by atoms with Crippen LogP contribution in [-0.2, 0) is 17.8 Å². The normalized spacial score (nSPS) is 11.2. The first-order chi connectivity index (χ1) is 9.52. The van der Waals surface area contributed by atoms with Crippen LogP contribution in [0.3, 0.4) is 0 Å². The second kappa shape index (κ2) is 6.05. The van der Waals surface area contributed by atoms with Gasteiger partial charge in [-0.3, -0.25) is 0 Å². The van der Waals surface area contributed by atoms with Crippen LogP contribution in [0.2, 0.25) is 0 Å². The summed E-state index contributed by atoms with van der Waals surface area (Å²) in [7, 11) is 2.02. The van der Waals surface area contributed by atoms with Gasteiger partial charge in [-0.1, -0.05) is 0 Å². The monoisotopic (exact) mass is 275 g/mol. The number of rotatable bonds is 6. The molecule has 0 saturated heterocycles. The molecule has 2 rings (SSSR count). The molecule has 0 saturated carbocycles. The average Bonchev–Trinajstić information content (AvgIpc) is 2.71. The lowest BCUT2D eigenvalue weighted by Gasteiger charge is -2.10. The number of benzene rings is 1.